The highest BCUT2D eigenvalue weighted by Crippen LogP contribution is 2.02. The normalized spacial score (nSPS) is 14.4. The second-order valence-electron chi connectivity index (χ2n) is 5.32. The number of carbonyl (C=O) groups excluding carboxylic acids is 3. The minimum atomic E-state index is -1.44. The van der Waals surface area contributed by atoms with Gasteiger partial charge in [0.15, 0.2) is 0 Å². The van der Waals surface area contributed by atoms with Crippen LogP contribution in [0.1, 0.15) is 13.8 Å². The molecule has 138 valence electrons. The Morgan fingerprint density at radius 3 is 1.75 bits per heavy atom. The molecule has 0 aliphatic carbocycles. The molecule has 0 spiro atoms. The van der Waals surface area contributed by atoms with Gasteiger partial charge in [-0.3, -0.25) is 14.4 Å². The lowest BCUT2D eigenvalue weighted by Crippen LogP contribution is -2.58. The van der Waals surface area contributed by atoms with Crippen molar-refractivity contribution < 1.29 is 34.5 Å². The van der Waals surface area contributed by atoms with Gasteiger partial charge in [-0.05, 0) is 5.92 Å². The maximum Gasteiger partial charge on any atom is 0.326 e. The summed E-state index contributed by atoms with van der Waals surface area (Å²) in [6, 6.07) is -4.00. The molecule has 0 aromatic heterocycles. The first-order chi connectivity index (χ1) is 11.2. The molecule has 0 aromatic carbocycles. The van der Waals surface area contributed by atoms with Gasteiger partial charge in [-0.25, -0.2) is 4.79 Å². The molecule has 3 amide bonds. The largest absolute Gasteiger partial charge is 0.480 e. The molecule has 0 radical (unpaired) electrons. The number of hydrogen-bond acceptors (Lipinski definition) is 7. The van der Waals surface area contributed by atoms with Gasteiger partial charge in [0.2, 0.25) is 17.7 Å². The van der Waals surface area contributed by atoms with Gasteiger partial charge in [-0.1, -0.05) is 13.8 Å². The van der Waals surface area contributed by atoms with E-state index in [0.29, 0.717) is 0 Å². The van der Waals surface area contributed by atoms with Crippen molar-refractivity contribution in [1.29, 1.82) is 0 Å². The van der Waals surface area contributed by atoms with Crippen molar-refractivity contribution in [2.24, 2.45) is 11.7 Å². The van der Waals surface area contributed by atoms with Crippen molar-refractivity contribution >= 4 is 23.7 Å². The Morgan fingerprint density at radius 2 is 1.38 bits per heavy atom. The number of nitrogens with one attached hydrogen (secondary N) is 3. The van der Waals surface area contributed by atoms with Crippen LogP contribution in [-0.2, 0) is 19.2 Å². The first kappa shape index (κ1) is 21.8. The minimum absolute atomic E-state index is 0.400. The zero-order valence-corrected chi connectivity index (χ0v) is 13.5. The fraction of sp³-hybridized carbons (Fsp3) is 0.692. The van der Waals surface area contributed by atoms with Crippen molar-refractivity contribution in [2.45, 2.75) is 32.0 Å². The van der Waals surface area contributed by atoms with Gasteiger partial charge < -0.3 is 37.0 Å². The van der Waals surface area contributed by atoms with E-state index in [9.17, 15) is 24.3 Å². The highest BCUT2D eigenvalue weighted by Gasteiger charge is 2.30. The van der Waals surface area contributed by atoms with Crippen LogP contribution in [0.4, 0.5) is 0 Å². The van der Waals surface area contributed by atoms with Crippen molar-refractivity contribution in [3.05, 3.63) is 0 Å². The van der Waals surface area contributed by atoms with Crippen LogP contribution in [0.25, 0.3) is 0 Å². The predicted octanol–water partition coefficient (Wildman–Crippen LogP) is -3.88. The summed E-state index contributed by atoms with van der Waals surface area (Å²) in [5, 5.41) is 33.8. The lowest BCUT2D eigenvalue weighted by molar-refractivity contribution is -0.143. The molecule has 8 N–H and O–H groups in total. The van der Waals surface area contributed by atoms with Crippen LogP contribution in [0.5, 0.6) is 0 Å². The topological polar surface area (TPSA) is 191 Å². The minimum Gasteiger partial charge on any atom is -0.480 e. The van der Waals surface area contributed by atoms with Crippen LogP contribution >= 0.6 is 0 Å². The SMILES string of the molecule is CC(C)C(NC(=O)C(CO)NC(=O)C(CO)NC(=O)CN)C(=O)O. The maximum absolute atomic E-state index is 12.0. The van der Waals surface area contributed by atoms with Crippen LogP contribution < -0.4 is 21.7 Å². The number of carboxylic acids is 1. The summed E-state index contributed by atoms with van der Waals surface area (Å²) in [5.74, 6) is -4.21. The summed E-state index contributed by atoms with van der Waals surface area (Å²) < 4.78 is 0. The third-order valence-corrected chi connectivity index (χ3v) is 3.07. The van der Waals surface area contributed by atoms with E-state index in [1.165, 1.54) is 0 Å². The van der Waals surface area contributed by atoms with E-state index >= 15 is 0 Å². The molecule has 11 heteroatoms. The standard InChI is InChI=1S/C13H24N4O7/c1-6(2)10(13(23)24)17-12(22)8(5-19)16-11(21)7(4-18)15-9(20)3-14/h6-8,10,18-19H,3-5,14H2,1-2H3,(H,15,20)(H,16,21)(H,17,22)(H,23,24). The van der Waals surface area contributed by atoms with E-state index in [0.717, 1.165) is 0 Å². The van der Waals surface area contributed by atoms with Crippen molar-refractivity contribution in [2.75, 3.05) is 19.8 Å². The maximum atomic E-state index is 12.0. The Bertz CT molecular complexity index is 469. The number of amides is 3. The molecule has 24 heavy (non-hydrogen) atoms. The van der Waals surface area contributed by atoms with Crippen molar-refractivity contribution in [1.82, 2.24) is 16.0 Å². The second-order valence-corrected chi connectivity index (χ2v) is 5.32. The van der Waals surface area contributed by atoms with E-state index in [1.54, 1.807) is 13.8 Å². The zero-order chi connectivity index (χ0) is 18.9. The Kier molecular flexibility index (Phi) is 9.54. The fourth-order valence-corrected chi connectivity index (χ4v) is 1.68. The van der Waals surface area contributed by atoms with Gasteiger partial charge in [0.05, 0.1) is 19.8 Å². The van der Waals surface area contributed by atoms with Gasteiger partial charge in [0.1, 0.15) is 18.1 Å². The summed E-state index contributed by atoms with van der Waals surface area (Å²) >= 11 is 0. The molecule has 0 aromatic rings. The molecule has 0 saturated heterocycles. The van der Waals surface area contributed by atoms with Crippen LogP contribution in [-0.4, -0.2) is 76.9 Å². The lowest BCUT2D eigenvalue weighted by Gasteiger charge is -2.23. The number of aliphatic hydroxyl groups excluding tert-OH is 2. The Labute approximate surface area is 138 Å². The molecule has 0 rings (SSSR count). The first-order valence-electron chi connectivity index (χ1n) is 7.22. The molecule has 3 unspecified atom stereocenters. The average Bonchev–Trinajstić information content (AvgIpc) is 2.53. The Morgan fingerprint density at radius 1 is 0.917 bits per heavy atom. The molecule has 0 saturated carbocycles. The zero-order valence-electron chi connectivity index (χ0n) is 13.5. The number of carboxylic acid groups (broad SMARTS) is 1. The van der Waals surface area contributed by atoms with E-state index in [-0.39, 0.29) is 0 Å². The Balaban J connectivity index is 4.88. The van der Waals surface area contributed by atoms with Crippen molar-refractivity contribution in [3.8, 4) is 0 Å². The van der Waals surface area contributed by atoms with E-state index < -0.39 is 67.5 Å². The van der Waals surface area contributed by atoms with Crippen LogP contribution in [0.15, 0.2) is 0 Å². The van der Waals surface area contributed by atoms with E-state index in [2.05, 4.69) is 16.0 Å². The quantitative estimate of drug-likeness (QED) is 0.208. The van der Waals surface area contributed by atoms with Gasteiger partial charge in [-0.15, -0.1) is 0 Å². The van der Waals surface area contributed by atoms with Crippen LogP contribution in [0.2, 0.25) is 0 Å². The third kappa shape index (κ3) is 6.89. The van der Waals surface area contributed by atoms with E-state index in [1.807, 2.05) is 0 Å². The van der Waals surface area contributed by atoms with Gasteiger partial charge >= 0.3 is 5.97 Å². The molecule has 0 aliphatic rings. The monoisotopic (exact) mass is 348 g/mol. The summed E-state index contributed by atoms with van der Waals surface area (Å²) in [4.78, 5) is 46.1. The number of rotatable bonds is 10. The third-order valence-electron chi connectivity index (χ3n) is 3.07. The summed E-state index contributed by atoms with van der Waals surface area (Å²) in [5.41, 5.74) is 5.08. The van der Waals surface area contributed by atoms with Gasteiger partial charge in [-0.2, -0.15) is 0 Å². The molecule has 0 fully saturated rings. The Hall–Kier alpha value is -2.24. The number of aliphatic carboxylic acids is 1. The van der Waals surface area contributed by atoms with E-state index in [4.69, 9.17) is 15.9 Å². The number of nitrogens with two attached hydrogens (primary N) is 1. The lowest BCUT2D eigenvalue weighted by atomic mass is 10.0. The molecular weight excluding hydrogens is 324 g/mol. The number of carbonyl (C=O) groups is 4. The average molecular weight is 348 g/mol. The summed E-state index contributed by atoms with van der Waals surface area (Å²) in [6.45, 7) is 1.21. The van der Waals surface area contributed by atoms with Gasteiger partial charge in [0, 0.05) is 0 Å². The molecular formula is C13H24N4O7. The second kappa shape index (κ2) is 10.5. The van der Waals surface area contributed by atoms with Crippen molar-refractivity contribution in [3.63, 3.8) is 0 Å². The predicted molar refractivity (Wildman–Crippen MR) is 81.5 cm³/mol. The van der Waals surface area contributed by atoms with Crippen LogP contribution in [0, 0.1) is 5.92 Å². The molecule has 3 atom stereocenters. The highest BCUT2D eigenvalue weighted by molar-refractivity contribution is 5.93. The van der Waals surface area contributed by atoms with Crippen LogP contribution in [0.3, 0.4) is 0 Å². The highest BCUT2D eigenvalue weighted by atomic mass is 16.4. The smallest absolute Gasteiger partial charge is 0.326 e. The molecule has 0 heterocycles. The van der Waals surface area contributed by atoms with Gasteiger partial charge in [0.25, 0.3) is 0 Å². The molecule has 0 bridgehead atoms. The molecule has 11 nitrogen and oxygen atoms in total. The first-order valence-corrected chi connectivity index (χ1v) is 7.22. The summed E-state index contributed by atoms with van der Waals surface area (Å²) in [7, 11) is 0. The number of aliphatic hydroxyl groups is 2. The molecule has 0 aliphatic heterocycles. The fourth-order valence-electron chi connectivity index (χ4n) is 1.68. The summed E-state index contributed by atoms with van der Waals surface area (Å²) in [6.07, 6.45) is 0. The number of hydrogen-bond donors (Lipinski definition) is 7.